The van der Waals surface area contributed by atoms with Crippen molar-refractivity contribution in [2.24, 2.45) is 5.73 Å². The number of aromatic nitrogens is 1. The van der Waals surface area contributed by atoms with Crippen LogP contribution in [0.4, 0.5) is 0 Å². The minimum absolute atomic E-state index is 0.109. The van der Waals surface area contributed by atoms with Crippen LogP contribution in [0.2, 0.25) is 0 Å². The molecule has 0 saturated heterocycles. The Bertz CT molecular complexity index is 492. The van der Waals surface area contributed by atoms with Crippen LogP contribution in [0.3, 0.4) is 0 Å². The Hall–Kier alpha value is -1.28. The van der Waals surface area contributed by atoms with Crippen LogP contribution in [0, 0.1) is 0 Å². The number of hydrogen-bond donors (Lipinski definition) is 2. The van der Waals surface area contributed by atoms with Gasteiger partial charge in [0.1, 0.15) is 0 Å². The maximum absolute atomic E-state index is 6.59. The van der Waals surface area contributed by atoms with Gasteiger partial charge in [-0.25, -0.2) is 0 Å². The van der Waals surface area contributed by atoms with Crippen molar-refractivity contribution >= 4 is 10.9 Å². The lowest BCUT2D eigenvalue weighted by molar-refractivity contribution is 0.304. The molecule has 0 bridgehead atoms. The van der Waals surface area contributed by atoms with Gasteiger partial charge in [0.25, 0.3) is 0 Å². The first-order valence-corrected chi connectivity index (χ1v) is 6.15. The largest absolute Gasteiger partial charge is 0.361 e. The molecule has 2 aromatic rings. The van der Waals surface area contributed by atoms with Crippen LogP contribution in [0.1, 0.15) is 37.7 Å². The van der Waals surface area contributed by atoms with Gasteiger partial charge in [-0.05, 0) is 29.9 Å². The number of fused-ring (bicyclic) bond motifs is 1. The van der Waals surface area contributed by atoms with Gasteiger partial charge in [-0.1, -0.05) is 37.5 Å². The Balaban J connectivity index is 2.13. The second-order valence-electron chi connectivity index (χ2n) is 4.96. The SMILES string of the molecule is NC1(c2cccc3cc[nH]c23)CCCCC1. The third kappa shape index (κ3) is 1.45. The van der Waals surface area contributed by atoms with E-state index in [1.165, 1.54) is 35.7 Å². The number of hydrogen-bond acceptors (Lipinski definition) is 1. The highest BCUT2D eigenvalue weighted by atomic mass is 14.8. The zero-order valence-electron chi connectivity index (χ0n) is 9.50. The molecule has 1 aliphatic carbocycles. The second-order valence-corrected chi connectivity index (χ2v) is 4.96. The summed E-state index contributed by atoms with van der Waals surface area (Å²) >= 11 is 0. The van der Waals surface area contributed by atoms with Crippen LogP contribution in [0.25, 0.3) is 10.9 Å². The fourth-order valence-corrected chi connectivity index (χ4v) is 2.95. The van der Waals surface area contributed by atoms with Gasteiger partial charge in [-0.2, -0.15) is 0 Å². The van der Waals surface area contributed by atoms with Gasteiger partial charge >= 0.3 is 0 Å². The standard InChI is InChI=1S/C14H18N2/c15-14(8-2-1-3-9-14)12-6-4-5-11-7-10-16-13(11)12/h4-7,10,16H,1-3,8-9,15H2. The molecule has 1 aromatic heterocycles. The predicted octanol–water partition coefficient (Wildman–Crippen LogP) is 3.29. The number of H-pyrrole nitrogens is 1. The molecule has 0 aliphatic heterocycles. The van der Waals surface area contributed by atoms with E-state index in [9.17, 15) is 0 Å². The summed E-state index contributed by atoms with van der Waals surface area (Å²) in [5.74, 6) is 0. The molecule has 84 valence electrons. The van der Waals surface area contributed by atoms with E-state index < -0.39 is 0 Å². The van der Waals surface area contributed by atoms with E-state index >= 15 is 0 Å². The zero-order chi connectivity index (χ0) is 11.0. The summed E-state index contributed by atoms with van der Waals surface area (Å²) in [6.45, 7) is 0. The van der Waals surface area contributed by atoms with Gasteiger partial charge in [0, 0.05) is 11.7 Å². The van der Waals surface area contributed by atoms with Crippen molar-refractivity contribution in [3.8, 4) is 0 Å². The molecule has 0 radical (unpaired) electrons. The third-order valence-corrected chi connectivity index (χ3v) is 3.87. The minimum Gasteiger partial charge on any atom is -0.361 e. The van der Waals surface area contributed by atoms with Crippen molar-refractivity contribution < 1.29 is 0 Å². The summed E-state index contributed by atoms with van der Waals surface area (Å²) in [6.07, 6.45) is 8.08. The van der Waals surface area contributed by atoms with Gasteiger partial charge in [0.2, 0.25) is 0 Å². The Morgan fingerprint density at radius 2 is 1.88 bits per heavy atom. The summed E-state index contributed by atoms with van der Waals surface area (Å²) in [4.78, 5) is 3.33. The molecule has 1 fully saturated rings. The Labute approximate surface area is 95.8 Å². The van der Waals surface area contributed by atoms with Crippen LogP contribution in [0.15, 0.2) is 30.5 Å². The number of benzene rings is 1. The second kappa shape index (κ2) is 3.63. The van der Waals surface area contributed by atoms with Gasteiger partial charge < -0.3 is 10.7 Å². The first-order valence-electron chi connectivity index (χ1n) is 6.15. The molecule has 0 atom stereocenters. The lowest BCUT2D eigenvalue weighted by atomic mass is 9.77. The van der Waals surface area contributed by atoms with Gasteiger partial charge in [-0.3, -0.25) is 0 Å². The summed E-state index contributed by atoms with van der Waals surface area (Å²) in [5, 5.41) is 1.27. The Kier molecular flexibility index (Phi) is 2.25. The summed E-state index contributed by atoms with van der Waals surface area (Å²) < 4.78 is 0. The van der Waals surface area contributed by atoms with Crippen LogP contribution in [0.5, 0.6) is 0 Å². The molecule has 1 aromatic carbocycles. The van der Waals surface area contributed by atoms with E-state index in [-0.39, 0.29) is 5.54 Å². The van der Waals surface area contributed by atoms with E-state index in [4.69, 9.17) is 5.73 Å². The van der Waals surface area contributed by atoms with E-state index in [1.807, 2.05) is 6.20 Å². The fourth-order valence-electron chi connectivity index (χ4n) is 2.95. The highest BCUT2D eigenvalue weighted by Crippen LogP contribution is 2.37. The highest BCUT2D eigenvalue weighted by Gasteiger charge is 2.30. The lowest BCUT2D eigenvalue weighted by Crippen LogP contribution is -2.38. The van der Waals surface area contributed by atoms with Crippen molar-refractivity contribution in [3.05, 3.63) is 36.0 Å². The smallest absolute Gasteiger partial charge is 0.0505 e. The fraction of sp³-hybridized carbons (Fsp3) is 0.429. The molecule has 1 saturated carbocycles. The summed E-state index contributed by atoms with van der Waals surface area (Å²) in [5.41, 5.74) is 9.01. The first kappa shape index (κ1) is 9.91. The quantitative estimate of drug-likeness (QED) is 0.751. The number of rotatable bonds is 1. The average molecular weight is 214 g/mol. The van der Waals surface area contributed by atoms with E-state index in [2.05, 4.69) is 29.2 Å². The van der Waals surface area contributed by atoms with E-state index in [0.29, 0.717) is 0 Å². The van der Waals surface area contributed by atoms with Crippen molar-refractivity contribution in [1.29, 1.82) is 0 Å². The molecule has 0 unspecified atom stereocenters. The first-order chi connectivity index (χ1) is 7.80. The summed E-state index contributed by atoms with van der Waals surface area (Å²) in [7, 11) is 0. The van der Waals surface area contributed by atoms with Crippen molar-refractivity contribution in [2.45, 2.75) is 37.6 Å². The molecule has 3 rings (SSSR count). The van der Waals surface area contributed by atoms with Gasteiger partial charge in [-0.15, -0.1) is 0 Å². The molecule has 2 nitrogen and oxygen atoms in total. The third-order valence-electron chi connectivity index (χ3n) is 3.87. The van der Waals surface area contributed by atoms with Crippen LogP contribution in [-0.4, -0.2) is 4.98 Å². The van der Waals surface area contributed by atoms with E-state index in [0.717, 1.165) is 12.8 Å². The lowest BCUT2D eigenvalue weighted by Gasteiger charge is -2.34. The molecule has 0 spiro atoms. The van der Waals surface area contributed by atoms with Crippen molar-refractivity contribution in [3.63, 3.8) is 0 Å². The molecule has 3 N–H and O–H groups in total. The monoisotopic (exact) mass is 214 g/mol. The Morgan fingerprint density at radius 1 is 1.06 bits per heavy atom. The van der Waals surface area contributed by atoms with Crippen LogP contribution < -0.4 is 5.73 Å². The maximum atomic E-state index is 6.59. The van der Waals surface area contributed by atoms with Gasteiger partial charge in [0.05, 0.1) is 5.52 Å². The molecule has 2 heteroatoms. The zero-order valence-corrected chi connectivity index (χ0v) is 9.50. The molecule has 0 amide bonds. The number of aromatic amines is 1. The van der Waals surface area contributed by atoms with Gasteiger partial charge in [0.15, 0.2) is 0 Å². The van der Waals surface area contributed by atoms with Crippen molar-refractivity contribution in [1.82, 2.24) is 4.98 Å². The Morgan fingerprint density at radius 3 is 2.69 bits per heavy atom. The van der Waals surface area contributed by atoms with Crippen molar-refractivity contribution in [2.75, 3.05) is 0 Å². The van der Waals surface area contributed by atoms with Crippen LogP contribution >= 0.6 is 0 Å². The molecular weight excluding hydrogens is 196 g/mol. The van der Waals surface area contributed by atoms with E-state index in [1.54, 1.807) is 0 Å². The summed E-state index contributed by atoms with van der Waals surface area (Å²) in [6, 6.07) is 8.56. The number of nitrogens with one attached hydrogen (secondary N) is 1. The molecular formula is C14H18N2. The number of para-hydroxylation sites is 1. The maximum Gasteiger partial charge on any atom is 0.0505 e. The average Bonchev–Trinajstić information content (AvgIpc) is 2.77. The molecule has 1 heterocycles. The minimum atomic E-state index is -0.109. The highest BCUT2D eigenvalue weighted by molar-refractivity contribution is 5.83. The topological polar surface area (TPSA) is 41.8 Å². The normalized spacial score (nSPS) is 20.1. The number of nitrogens with two attached hydrogens (primary N) is 1. The molecule has 16 heavy (non-hydrogen) atoms. The predicted molar refractivity (Wildman–Crippen MR) is 67.2 cm³/mol. The molecule has 1 aliphatic rings. The van der Waals surface area contributed by atoms with Crippen LogP contribution in [-0.2, 0) is 5.54 Å².